The highest BCUT2D eigenvalue weighted by atomic mass is 79.9. The average molecular weight is 342 g/mol. The van der Waals surface area contributed by atoms with Crippen LogP contribution in [0.5, 0.6) is 5.75 Å². The average Bonchev–Trinajstić information content (AvgIpc) is 2.53. The smallest absolute Gasteiger partial charge is 0.119 e. The summed E-state index contributed by atoms with van der Waals surface area (Å²) in [5, 5.41) is 5.89. The Labute approximate surface area is 132 Å². The quantitative estimate of drug-likeness (QED) is 0.652. The summed E-state index contributed by atoms with van der Waals surface area (Å²) in [5.74, 6) is 0.888. The summed E-state index contributed by atoms with van der Waals surface area (Å²) in [7, 11) is 0. The normalized spacial score (nSPS) is 10.5. The van der Waals surface area contributed by atoms with Crippen molar-refractivity contribution in [2.45, 2.75) is 0 Å². The third kappa shape index (κ3) is 3.76. The summed E-state index contributed by atoms with van der Waals surface area (Å²) in [4.78, 5) is 0. The molecule has 0 aliphatic carbocycles. The number of halogens is 1. The number of anilines is 1. The molecule has 106 valence electrons. The van der Waals surface area contributed by atoms with Gasteiger partial charge >= 0.3 is 0 Å². The molecular weight excluding hydrogens is 326 g/mol. The molecule has 0 amide bonds. The van der Waals surface area contributed by atoms with Crippen molar-refractivity contribution in [2.75, 3.05) is 18.5 Å². The molecule has 0 saturated heterocycles. The molecule has 0 atom stereocenters. The van der Waals surface area contributed by atoms with E-state index in [1.165, 1.54) is 10.8 Å². The van der Waals surface area contributed by atoms with Crippen LogP contribution in [0.15, 0.2) is 71.2 Å². The lowest BCUT2D eigenvalue weighted by Crippen LogP contribution is -2.11. The first-order chi connectivity index (χ1) is 10.3. The number of fused-ring (bicyclic) bond motifs is 1. The third-order valence-corrected chi connectivity index (χ3v) is 3.79. The lowest BCUT2D eigenvalue weighted by molar-refractivity contribution is 0.333. The predicted octanol–water partition coefficient (Wildman–Crippen LogP) is 5.09. The molecule has 3 rings (SSSR count). The van der Waals surface area contributed by atoms with Gasteiger partial charge in [0.25, 0.3) is 0 Å². The molecule has 0 radical (unpaired) electrons. The van der Waals surface area contributed by atoms with E-state index < -0.39 is 0 Å². The van der Waals surface area contributed by atoms with Crippen LogP contribution in [-0.4, -0.2) is 13.2 Å². The number of rotatable bonds is 5. The van der Waals surface area contributed by atoms with Crippen molar-refractivity contribution in [2.24, 2.45) is 0 Å². The van der Waals surface area contributed by atoms with E-state index in [9.17, 15) is 0 Å². The van der Waals surface area contributed by atoms with E-state index in [4.69, 9.17) is 4.74 Å². The Balaban J connectivity index is 1.53. The second kappa shape index (κ2) is 6.64. The Morgan fingerprint density at radius 1 is 0.857 bits per heavy atom. The Morgan fingerprint density at radius 2 is 1.62 bits per heavy atom. The second-order valence-electron chi connectivity index (χ2n) is 4.79. The van der Waals surface area contributed by atoms with E-state index in [0.717, 1.165) is 22.5 Å². The van der Waals surface area contributed by atoms with Gasteiger partial charge in [-0.2, -0.15) is 0 Å². The number of hydrogen-bond acceptors (Lipinski definition) is 2. The molecule has 0 fully saturated rings. The van der Waals surface area contributed by atoms with E-state index >= 15 is 0 Å². The first-order valence-corrected chi connectivity index (χ1v) is 7.72. The second-order valence-corrected chi connectivity index (χ2v) is 5.71. The van der Waals surface area contributed by atoms with Crippen LogP contribution in [-0.2, 0) is 0 Å². The van der Waals surface area contributed by atoms with Gasteiger partial charge in [-0.3, -0.25) is 0 Å². The van der Waals surface area contributed by atoms with Gasteiger partial charge in [-0.05, 0) is 47.2 Å². The molecule has 3 aromatic carbocycles. The van der Waals surface area contributed by atoms with E-state index in [1.54, 1.807) is 0 Å². The summed E-state index contributed by atoms with van der Waals surface area (Å²) >= 11 is 3.41. The molecule has 0 bridgehead atoms. The SMILES string of the molecule is Brc1ccc(OCCNc2ccc3ccccc3c2)cc1. The molecular formula is C18H16BrNO. The fourth-order valence-corrected chi connectivity index (χ4v) is 2.46. The van der Waals surface area contributed by atoms with E-state index in [-0.39, 0.29) is 0 Å². The Morgan fingerprint density at radius 3 is 2.43 bits per heavy atom. The first-order valence-electron chi connectivity index (χ1n) is 6.92. The van der Waals surface area contributed by atoms with Crippen LogP contribution in [0.2, 0.25) is 0 Å². The summed E-state index contributed by atoms with van der Waals surface area (Å²) in [6, 6.07) is 22.6. The van der Waals surface area contributed by atoms with E-state index in [0.29, 0.717) is 6.61 Å². The van der Waals surface area contributed by atoms with Crippen molar-refractivity contribution >= 4 is 32.4 Å². The summed E-state index contributed by atoms with van der Waals surface area (Å²) in [5.41, 5.74) is 1.12. The van der Waals surface area contributed by atoms with Crippen LogP contribution in [0, 0.1) is 0 Å². The zero-order chi connectivity index (χ0) is 14.5. The van der Waals surface area contributed by atoms with Crippen LogP contribution in [0.1, 0.15) is 0 Å². The van der Waals surface area contributed by atoms with Gasteiger partial charge < -0.3 is 10.1 Å². The molecule has 3 aromatic rings. The zero-order valence-electron chi connectivity index (χ0n) is 11.6. The molecule has 0 spiro atoms. The third-order valence-electron chi connectivity index (χ3n) is 3.26. The first kappa shape index (κ1) is 14.0. The molecule has 1 N–H and O–H groups in total. The summed E-state index contributed by atoms with van der Waals surface area (Å²) in [6.07, 6.45) is 0. The van der Waals surface area contributed by atoms with Crippen LogP contribution >= 0.6 is 15.9 Å². The molecule has 3 heteroatoms. The minimum atomic E-state index is 0.633. The van der Waals surface area contributed by atoms with Crippen molar-refractivity contribution in [3.63, 3.8) is 0 Å². The van der Waals surface area contributed by atoms with Crippen molar-refractivity contribution < 1.29 is 4.74 Å². The summed E-state index contributed by atoms with van der Waals surface area (Å²) in [6.45, 7) is 1.41. The maximum atomic E-state index is 5.69. The summed E-state index contributed by atoms with van der Waals surface area (Å²) < 4.78 is 6.75. The largest absolute Gasteiger partial charge is 0.492 e. The van der Waals surface area contributed by atoms with Crippen LogP contribution < -0.4 is 10.1 Å². The lowest BCUT2D eigenvalue weighted by atomic mass is 10.1. The highest BCUT2D eigenvalue weighted by molar-refractivity contribution is 9.10. The van der Waals surface area contributed by atoms with Crippen molar-refractivity contribution in [1.82, 2.24) is 0 Å². The Kier molecular flexibility index (Phi) is 4.41. The fourth-order valence-electron chi connectivity index (χ4n) is 2.19. The maximum absolute atomic E-state index is 5.69. The van der Waals surface area contributed by atoms with Crippen molar-refractivity contribution in [3.8, 4) is 5.75 Å². The highest BCUT2D eigenvalue weighted by Gasteiger charge is 1.97. The van der Waals surface area contributed by atoms with Crippen LogP contribution in [0.4, 0.5) is 5.69 Å². The van der Waals surface area contributed by atoms with Gasteiger partial charge in [-0.25, -0.2) is 0 Å². The van der Waals surface area contributed by atoms with E-state index in [1.807, 2.05) is 24.3 Å². The maximum Gasteiger partial charge on any atom is 0.119 e. The number of benzene rings is 3. The van der Waals surface area contributed by atoms with Crippen LogP contribution in [0.3, 0.4) is 0 Å². The van der Waals surface area contributed by atoms with Crippen LogP contribution in [0.25, 0.3) is 10.8 Å². The van der Waals surface area contributed by atoms with Gasteiger partial charge in [0.2, 0.25) is 0 Å². The molecule has 0 unspecified atom stereocenters. The molecule has 2 nitrogen and oxygen atoms in total. The van der Waals surface area contributed by atoms with Gasteiger partial charge in [0.15, 0.2) is 0 Å². The number of hydrogen-bond donors (Lipinski definition) is 1. The molecule has 0 aliphatic rings. The van der Waals surface area contributed by atoms with Crippen molar-refractivity contribution in [1.29, 1.82) is 0 Å². The predicted molar refractivity (Wildman–Crippen MR) is 92.1 cm³/mol. The monoisotopic (exact) mass is 341 g/mol. The van der Waals surface area contributed by atoms with Gasteiger partial charge in [0.1, 0.15) is 12.4 Å². The number of nitrogens with one attached hydrogen (secondary N) is 1. The minimum absolute atomic E-state index is 0.633. The van der Waals surface area contributed by atoms with E-state index in [2.05, 4.69) is 63.7 Å². The fraction of sp³-hybridized carbons (Fsp3) is 0.111. The lowest BCUT2D eigenvalue weighted by Gasteiger charge is -2.09. The molecule has 0 aliphatic heterocycles. The van der Waals surface area contributed by atoms with Gasteiger partial charge in [-0.15, -0.1) is 0 Å². The van der Waals surface area contributed by atoms with Gasteiger partial charge in [0.05, 0.1) is 0 Å². The highest BCUT2D eigenvalue weighted by Crippen LogP contribution is 2.19. The van der Waals surface area contributed by atoms with Crippen molar-refractivity contribution in [3.05, 3.63) is 71.2 Å². The molecule has 21 heavy (non-hydrogen) atoms. The van der Waals surface area contributed by atoms with Gasteiger partial charge in [-0.1, -0.05) is 46.3 Å². The molecule has 0 saturated carbocycles. The topological polar surface area (TPSA) is 21.3 Å². The Hall–Kier alpha value is -2.00. The standard InChI is InChI=1S/C18H16BrNO/c19-16-6-9-18(10-7-16)21-12-11-20-17-8-5-14-3-1-2-4-15(14)13-17/h1-10,13,20H,11-12H2. The molecule has 0 aromatic heterocycles. The minimum Gasteiger partial charge on any atom is -0.492 e. The zero-order valence-corrected chi connectivity index (χ0v) is 13.1. The molecule has 0 heterocycles. The Bertz CT molecular complexity index is 725. The van der Waals surface area contributed by atoms with Gasteiger partial charge in [0, 0.05) is 16.7 Å². The number of ether oxygens (including phenoxy) is 1.